The Kier molecular flexibility index (Phi) is 7.84. The number of aryl methyl sites for hydroxylation is 1. The van der Waals surface area contributed by atoms with E-state index in [0.29, 0.717) is 31.6 Å². The number of rotatable bonds is 7. The van der Waals surface area contributed by atoms with Gasteiger partial charge in [-0.3, -0.25) is 10.2 Å². The first-order chi connectivity index (χ1) is 15.4. The molecule has 0 bridgehead atoms. The predicted octanol–water partition coefficient (Wildman–Crippen LogP) is 3.29. The Morgan fingerprint density at radius 2 is 1.94 bits per heavy atom. The van der Waals surface area contributed by atoms with E-state index in [-0.39, 0.29) is 27.8 Å². The number of carbonyl (C=O) groups excluding carboxylic acids is 1. The Balaban J connectivity index is 1.76. The van der Waals surface area contributed by atoms with Gasteiger partial charge in [0.25, 0.3) is 5.91 Å². The monoisotopic (exact) mass is 509 g/mol. The zero-order valence-corrected chi connectivity index (χ0v) is 19.7. The number of nitrogens with zero attached hydrogens (tertiary/aromatic N) is 2. The van der Waals surface area contributed by atoms with Crippen molar-refractivity contribution in [2.45, 2.75) is 36.9 Å². The maximum Gasteiger partial charge on any atom is 0.273 e. The van der Waals surface area contributed by atoms with Gasteiger partial charge >= 0.3 is 0 Å². The number of amides is 1. The van der Waals surface area contributed by atoms with Gasteiger partial charge in [-0.15, -0.1) is 0 Å². The molecular formula is C20H24ClF4N5O2S. The van der Waals surface area contributed by atoms with Gasteiger partial charge in [-0.05, 0) is 13.3 Å². The van der Waals surface area contributed by atoms with Crippen molar-refractivity contribution < 1.29 is 26.6 Å². The van der Waals surface area contributed by atoms with Crippen LogP contribution < -0.4 is 15.5 Å². The second kappa shape index (κ2) is 10.1. The molecule has 182 valence electrons. The highest BCUT2D eigenvalue weighted by atomic mass is 35.5. The minimum atomic E-state index is -1.95. The van der Waals surface area contributed by atoms with Gasteiger partial charge in [-0.2, -0.15) is 0 Å². The van der Waals surface area contributed by atoms with Crippen molar-refractivity contribution in [3.63, 3.8) is 0 Å². The zero-order valence-electron chi connectivity index (χ0n) is 18.1. The number of nitrogens with one attached hydrogen (secondary N) is 3. The van der Waals surface area contributed by atoms with E-state index in [2.05, 4.69) is 15.5 Å². The number of halogens is 5. The van der Waals surface area contributed by atoms with Crippen LogP contribution in [0.3, 0.4) is 0 Å². The Bertz CT molecular complexity index is 1060. The summed E-state index contributed by atoms with van der Waals surface area (Å²) in [6.45, 7) is 4.61. The van der Waals surface area contributed by atoms with Gasteiger partial charge in [0, 0.05) is 50.7 Å². The number of carbonyl (C=O) groups is 1. The number of benzene rings is 1. The van der Waals surface area contributed by atoms with Crippen LogP contribution in [0, 0.1) is 17.5 Å². The minimum absolute atomic E-state index is 0.0469. The van der Waals surface area contributed by atoms with Crippen molar-refractivity contribution in [3.8, 4) is 0 Å². The molecule has 3 N–H and O–H groups in total. The topological polar surface area (TPSA) is 78.4 Å². The second-order valence-corrected chi connectivity index (χ2v) is 9.50. The van der Waals surface area contributed by atoms with E-state index < -0.39 is 46.1 Å². The molecule has 0 spiro atoms. The summed E-state index contributed by atoms with van der Waals surface area (Å²) in [5.41, 5.74) is 0.909. The number of alkyl halides is 1. The summed E-state index contributed by atoms with van der Waals surface area (Å²) < 4.78 is 72.1. The molecule has 3 rings (SSSR count). The summed E-state index contributed by atoms with van der Waals surface area (Å²) >= 11 is 6.29. The van der Waals surface area contributed by atoms with Gasteiger partial charge in [0.2, 0.25) is 0 Å². The van der Waals surface area contributed by atoms with Crippen LogP contribution in [0.2, 0.25) is 5.02 Å². The Morgan fingerprint density at radius 3 is 2.52 bits per heavy atom. The lowest BCUT2D eigenvalue weighted by Crippen LogP contribution is -2.60. The molecule has 1 saturated heterocycles. The van der Waals surface area contributed by atoms with Crippen LogP contribution in [0.5, 0.6) is 0 Å². The fourth-order valence-corrected chi connectivity index (χ4v) is 5.40. The van der Waals surface area contributed by atoms with E-state index in [4.69, 9.17) is 11.6 Å². The molecule has 3 unspecified atom stereocenters. The molecule has 0 radical (unpaired) electrons. The summed E-state index contributed by atoms with van der Waals surface area (Å²) in [6.07, 6.45) is 1.72. The van der Waals surface area contributed by atoms with Gasteiger partial charge in [0.05, 0.1) is 16.0 Å². The largest absolute Gasteiger partial charge is 0.344 e. The first-order valence-corrected chi connectivity index (χ1v) is 11.6. The molecule has 1 aromatic heterocycles. The van der Waals surface area contributed by atoms with Gasteiger partial charge in [-0.25, -0.2) is 31.5 Å². The van der Waals surface area contributed by atoms with Crippen molar-refractivity contribution in [1.29, 1.82) is 0 Å². The van der Waals surface area contributed by atoms with Crippen LogP contribution in [0.4, 0.5) is 23.2 Å². The van der Waals surface area contributed by atoms with Crippen LogP contribution in [-0.4, -0.2) is 51.0 Å². The number of hydrogen-bond acceptors (Lipinski definition) is 4. The molecule has 1 amide bonds. The van der Waals surface area contributed by atoms with E-state index in [1.807, 2.05) is 6.92 Å². The molecular weight excluding hydrogens is 486 g/mol. The van der Waals surface area contributed by atoms with Crippen LogP contribution in [0.25, 0.3) is 0 Å². The zero-order chi connectivity index (χ0) is 24.5. The first kappa shape index (κ1) is 25.6. The molecule has 33 heavy (non-hydrogen) atoms. The van der Waals surface area contributed by atoms with Gasteiger partial charge < -0.3 is 9.88 Å². The molecule has 2 aromatic rings. The Hall–Kier alpha value is -1.99. The fourth-order valence-electron chi connectivity index (χ4n) is 3.66. The van der Waals surface area contributed by atoms with Gasteiger partial charge in [0.1, 0.15) is 22.3 Å². The maximum absolute atomic E-state index is 15.2. The SMILES string of the molecule is CCNN1CCC(NS(=O)c2cn(C)c(C(=O)Nc3cc(F)c(F)c(F)c3)c2Cl)C(C)(F)C1. The third-order valence-corrected chi connectivity index (χ3v) is 6.99. The average Bonchev–Trinajstić information content (AvgIpc) is 3.02. The van der Waals surface area contributed by atoms with Crippen LogP contribution in [0.15, 0.2) is 23.2 Å². The summed E-state index contributed by atoms with van der Waals surface area (Å²) in [5, 5.41) is 3.82. The number of piperidine rings is 1. The number of hydrazine groups is 1. The molecule has 13 heteroatoms. The highest BCUT2D eigenvalue weighted by Gasteiger charge is 2.41. The lowest BCUT2D eigenvalue weighted by molar-refractivity contribution is 0.0100. The minimum Gasteiger partial charge on any atom is -0.344 e. The summed E-state index contributed by atoms with van der Waals surface area (Å²) in [5.74, 6) is -5.46. The molecule has 0 aliphatic carbocycles. The highest BCUT2D eigenvalue weighted by molar-refractivity contribution is 7.83. The molecule has 0 saturated carbocycles. The van der Waals surface area contributed by atoms with E-state index in [1.165, 1.54) is 24.7 Å². The average molecular weight is 510 g/mol. The van der Waals surface area contributed by atoms with Crippen LogP contribution in [0.1, 0.15) is 30.8 Å². The number of aromatic nitrogens is 1. The summed E-state index contributed by atoms with van der Waals surface area (Å²) in [4.78, 5) is 12.7. The molecule has 2 heterocycles. The molecule has 1 fully saturated rings. The third kappa shape index (κ3) is 5.57. The standard InChI is InChI=1S/C20H24ClF4N5O2S/c1-4-26-30-6-5-15(20(2,25)10-30)28-33(32)14-9-29(3)18(16(14)21)19(31)27-11-7-12(22)17(24)13(23)8-11/h7-9,15,26,28H,4-6,10H2,1-3H3,(H,27,31). The van der Waals surface area contributed by atoms with Gasteiger partial charge in [-0.1, -0.05) is 18.5 Å². The molecule has 1 aliphatic heterocycles. The molecule has 1 aliphatic rings. The van der Waals surface area contributed by atoms with E-state index in [1.54, 1.807) is 5.01 Å². The fraction of sp³-hybridized carbons (Fsp3) is 0.450. The lowest BCUT2D eigenvalue weighted by Gasteiger charge is -2.41. The Morgan fingerprint density at radius 1 is 1.30 bits per heavy atom. The van der Waals surface area contributed by atoms with E-state index in [9.17, 15) is 22.2 Å². The Labute approximate surface area is 196 Å². The predicted molar refractivity (Wildman–Crippen MR) is 117 cm³/mol. The molecule has 7 nitrogen and oxygen atoms in total. The van der Waals surface area contributed by atoms with Crippen molar-refractivity contribution in [2.75, 3.05) is 25.0 Å². The number of hydrogen-bond donors (Lipinski definition) is 3. The summed E-state index contributed by atoms with van der Waals surface area (Å²) in [7, 11) is -0.488. The third-order valence-electron chi connectivity index (χ3n) is 5.29. The van der Waals surface area contributed by atoms with Crippen molar-refractivity contribution in [3.05, 3.63) is 46.5 Å². The van der Waals surface area contributed by atoms with E-state index in [0.717, 1.165) is 0 Å². The molecule has 1 aromatic carbocycles. The normalized spacial score (nSPS) is 22.4. The lowest BCUT2D eigenvalue weighted by atomic mass is 9.92. The van der Waals surface area contributed by atoms with Crippen molar-refractivity contribution in [2.24, 2.45) is 7.05 Å². The second-order valence-electron chi connectivity index (χ2n) is 7.91. The van der Waals surface area contributed by atoms with Crippen LogP contribution in [-0.2, 0) is 18.0 Å². The number of anilines is 1. The van der Waals surface area contributed by atoms with Crippen molar-refractivity contribution in [1.82, 2.24) is 19.7 Å². The quantitative estimate of drug-likeness (QED) is 0.395. The highest BCUT2D eigenvalue weighted by Crippen LogP contribution is 2.30. The van der Waals surface area contributed by atoms with Gasteiger partial charge in [0.15, 0.2) is 17.5 Å². The first-order valence-electron chi connectivity index (χ1n) is 10.1. The van der Waals surface area contributed by atoms with E-state index >= 15 is 4.39 Å². The van der Waals surface area contributed by atoms with Crippen molar-refractivity contribution >= 4 is 34.2 Å². The molecule has 3 atom stereocenters. The smallest absolute Gasteiger partial charge is 0.273 e. The summed E-state index contributed by atoms with van der Waals surface area (Å²) in [6, 6.07) is 0.512. The van der Waals surface area contributed by atoms with Crippen LogP contribution >= 0.6 is 11.6 Å². The maximum atomic E-state index is 15.2.